The van der Waals surface area contributed by atoms with E-state index in [1.165, 1.54) is 23.6 Å². The third kappa shape index (κ3) is 10.5. The van der Waals surface area contributed by atoms with Crippen LogP contribution in [0.25, 0.3) is 0 Å². The van der Waals surface area contributed by atoms with Crippen LogP contribution in [0.4, 0.5) is 0 Å². The van der Waals surface area contributed by atoms with Gasteiger partial charge in [-0.1, -0.05) is 105 Å². The molecule has 1 aliphatic carbocycles. The van der Waals surface area contributed by atoms with Crippen LogP contribution in [-0.2, 0) is 5.41 Å². The molecule has 5 aromatic rings. The van der Waals surface area contributed by atoms with Gasteiger partial charge in [-0.3, -0.25) is 19.2 Å². The standard InChI is InChI=1S/C28H30O4.C12H12O2.C8H10/c1-6-7-27(30)26-18-24(16-17-25(26)19(2)29)32-23-14-10-21(11-15-23)28(3,4)20-8-12-22(31-5)13-9-20;1-7-3-4-9-10(5-7)12(14)8(2)6-11(9)13;1-7-4-3-5-8(2)6-7/h8-18H,6-7H2,1-5H3;3-5,8H,6H2,1-2H3;3-6H,1-2H3. The van der Waals surface area contributed by atoms with Crippen LogP contribution in [0.1, 0.15) is 123 Å². The van der Waals surface area contributed by atoms with Crippen molar-refractivity contribution in [1.82, 2.24) is 0 Å². The number of ketones is 4. The Hall–Kier alpha value is -5.62. The molecule has 5 aromatic carbocycles. The lowest BCUT2D eigenvalue weighted by Crippen LogP contribution is -2.24. The SMILES string of the molecule is CCCC(=O)c1cc(Oc2ccc(C(C)(C)c3ccc(OC)cc3)cc2)ccc1C(C)=O.Cc1ccc2c(c1)C(=O)C(C)CC2=O.Cc1cccc(C)c1. The highest BCUT2D eigenvalue weighted by atomic mass is 16.5. The second kappa shape index (κ2) is 18.4. The zero-order chi connectivity index (χ0) is 39.6. The quantitative estimate of drug-likeness (QED) is 0.141. The smallest absolute Gasteiger partial charge is 0.166 e. The number of benzene rings is 5. The highest BCUT2D eigenvalue weighted by Crippen LogP contribution is 2.34. The molecule has 280 valence electrons. The van der Waals surface area contributed by atoms with Crippen molar-refractivity contribution in [3.05, 3.63) is 159 Å². The number of rotatable bonds is 9. The van der Waals surface area contributed by atoms with Crippen LogP contribution >= 0.6 is 0 Å². The highest BCUT2D eigenvalue weighted by Gasteiger charge is 2.29. The lowest BCUT2D eigenvalue weighted by atomic mass is 9.78. The molecule has 0 amide bonds. The van der Waals surface area contributed by atoms with Gasteiger partial charge in [0.2, 0.25) is 0 Å². The van der Waals surface area contributed by atoms with Gasteiger partial charge in [-0.15, -0.1) is 0 Å². The minimum atomic E-state index is -0.187. The Morgan fingerprint density at radius 2 is 1.24 bits per heavy atom. The van der Waals surface area contributed by atoms with E-state index in [9.17, 15) is 19.2 Å². The Bertz CT molecular complexity index is 2090. The number of hydrogen-bond acceptors (Lipinski definition) is 6. The molecule has 1 unspecified atom stereocenters. The summed E-state index contributed by atoms with van der Waals surface area (Å²) in [6.07, 6.45) is 1.49. The predicted octanol–water partition coefficient (Wildman–Crippen LogP) is 11.7. The normalized spacial score (nSPS) is 13.4. The van der Waals surface area contributed by atoms with Crippen LogP contribution in [0.15, 0.2) is 109 Å². The maximum atomic E-state index is 12.5. The topological polar surface area (TPSA) is 86.7 Å². The molecule has 0 spiro atoms. The molecule has 0 radical (unpaired) electrons. The minimum absolute atomic E-state index is 0.0419. The van der Waals surface area contributed by atoms with E-state index < -0.39 is 0 Å². The highest BCUT2D eigenvalue weighted by molar-refractivity contribution is 6.14. The fourth-order valence-corrected chi connectivity index (χ4v) is 6.39. The molecule has 6 nitrogen and oxygen atoms in total. The molecule has 1 atom stereocenters. The van der Waals surface area contributed by atoms with Crippen LogP contribution in [0.3, 0.4) is 0 Å². The van der Waals surface area contributed by atoms with Gasteiger partial charge in [0.1, 0.15) is 17.2 Å². The molecule has 0 bridgehead atoms. The third-order valence-electron chi connectivity index (χ3n) is 9.62. The minimum Gasteiger partial charge on any atom is -0.497 e. The van der Waals surface area contributed by atoms with Gasteiger partial charge in [0.05, 0.1) is 7.11 Å². The summed E-state index contributed by atoms with van der Waals surface area (Å²) in [5, 5.41) is 0. The number of hydrogen-bond donors (Lipinski definition) is 0. The molecule has 6 rings (SSSR count). The van der Waals surface area contributed by atoms with E-state index in [0.29, 0.717) is 46.6 Å². The number of Topliss-reactive ketones (excluding diaryl/α,β-unsaturated/α-hetero) is 4. The van der Waals surface area contributed by atoms with Crippen LogP contribution in [-0.4, -0.2) is 30.2 Å². The van der Waals surface area contributed by atoms with E-state index in [0.717, 1.165) is 23.3 Å². The summed E-state index contributed by atoms with van der Waals surface area (Å²) >= 11 is 0. The molecule has 0 fully saturated rings. The van der Waals surface area contributed by atoms with Crippen molar-refractivity contribution in [1.29, 1.82) is 0 Å². The van der Waals surface area contributed by atoms with Crippen molar-refractivity contribution >= 4 is 23.1 Å². The van der Waals surface area contributed by atoms with Crippen LogP contribution in [0.2, 0.25) is 0 Å². The van der Waals surface area contributed by atoms with Crippen molar-refractivity contribution in [3.63, 3.8) is 0 Å². The maximum Gasteiger partial charge on any atom is 0.166 e. The molecule has 54 heavy (non-hydrogen) atoms. The lowest BCUT2D eigenvalue weighted by molar-refractivity contribution is 0.0834. The van der Waals surface area contributed by atoms with Gasteiger partial charge >= 0.3 is 0 Å². The first-order valence-corrected chi connectivity index (χ1v) is 18.5. The van der Waals surface area contributed by atoms with E-state index in [2.05, 4.69) is 64.1 Å². The lowest BCUT2D eigenvalue weighted by Gasteiger charge is -2.26. The zero-order valence-corrected chi connectivity index (χ0v) is 33.0. The summed E-state index contributed by atoms with van der Waals surface area (Å²) in [5.41, 5.74) is 7.92. The molecule has 0 saturated heterocycles. The third-order valence-corrected chi connectivity index (χ3v) is 9.62. The molecule has 0 aromatic heterocycles. The largest absolute Gasteiger partial charge is 0.497 e. The molecule has 6 heteroatoms. The van der Waals surface area contributed by atoms with Crippen molar-refractivity contribution in [3.8, 4) is 17.2 Å². The van der Waals surface area contributed by atoms with Crippen molar-refractivity contribution in [2.75, 3.05) is 7.11 Å². The number of carbonyl (C=O) groups excluding carboxylic acids is 4. The Morgan fingerprint density at radius 1 is 0.685 bits per heavy atom. The Morgan fingerprint density at radius 3 is 1.76 bits per heavy atom. The molecular formula is C48H52O6. The van der Waals surface area contributed by atoms with Gasteiger partial charge in [0.25, 0.3) is 0 Å². The molecule has 0 saturated carbocycles. The van der Waals surface area contributed by atoms with Crippen LogP contribution < -0.4 is 9.47 Å². The number of ether oxygens (including phenoxy) is 2. The molecule has 1 aliphatic rings. The average Bonchev–Trinajstić information content (AvgIpc) is 3.14. The number of methoxy groups -OCH3 is 1. The van der Waals surface area contributed by atoms with E-state index in [4.69, 9.17) is 9.47 Å². The van der Waals surface area contributed by atoms with Gasteiger partial charge in [-0.05, 0) is 93.8 Å². The first-order chi connectivity index (χ1) is 25.6. The van der Waals surface area contributed by atoms with E-state index >= 15 is 0 Å². The molecule has 0 heterocycles. The monoisotopic (exact) mass is 724 g/mol. The number of fused-ring (bicyclic) bond motifs is 1. The van der Waals surface area contributed by atoms with Gasteiger partial charge in [0, 0.05) is 46.4 Å². The Balaban J connectivity index is 0.000000239. The number of aryl methyl sites for hydroxylation is 3. The van der Waals surface area contributed by atoms with E-state index in [1.54, 1.807) is 31.4 Å². The molecule has 0 N–H and O–H groups in total. The summed E-state index contributed by atoms with van der Waals surface area (Å²) < 4.78 is 11.3. The Kier molecular flexibility index (Phi) is 14.0. The van der Waals surface area contributed by atoms with Gasteiger partial charge in [-0.2, -0.15) is 0 Å². The van der Waals surface area contributed by atoms with E-state index in [1.807, 2.05) is 69.3 Å². The first kappa shape index (κ1) is 41.1. The summed E-state index contributed by atoms with van der Waals surface area (Å²) in [4.78, 5) is 47.8. The second-order valence-corrected chi connectivity index (χ2v) is 14.5. The molecule has 0 aliphatic heterocycles. The van der Waals surface area contributed by atoms with Crippen molar-refractivity contribution in [2.24, 2.45) is 5.92 Å². The fourth-order valence-electron chi connectivity index (χ4n) is 6.39. The summed E-state index contributed by atoms with van der Waals surface area (Å²) in [7, 11) is 1.66. The van der Waals surface area contributed by atoms with Gasteiger partial charge in [0.15, 0.2) is 23.1 Å². The fraction of sp³-hybridized carbons (Fsp3) is 0.292. The van der Waals surface area contributed by atoms with Crippen LogP contribution in [0, 0.1) is 26.7 Å². The van der Waals surface area contributed by atoms with Gasteiger partial charge in [-0.25, -0.2) is 0 Å². The van der Waals surface area contributed by atoms with Crippen molar-refractivity contribution in [2.45, 2.75) is 80.1 Å². The average molecular weight is 725 g/mol. The Labute approximate surface area is 320 Å². The van der Waals surface area contributed by atoms with E-state index in [-0.39, 0.29) is 34.5 Å². The summed E-state index contributed by atoms with van der Waals surface area (Å²) in [6.45, 7) is 15.7. The molecular weight excluding hydrogens is 673 g/mol. The number of carbonyl (C=O) groups is 4. The predicted molar refractivity (Wildman–Crippen MR) is 217 cm³/mol. The summed E-state index contributed by atoms with van der Waals surface area (Å²) in [5.74, 6) is 1.91. The summed E-state index contributed by atoms with van der Waals surface area (Å²) in [6, 6.07) is 35.0. The second-order valence-electron chi connectivity index (χ2n) is 14.5. The van der Waals surface area contributed by atoms with Crippen LogP contribution in [0.5, 0.6) is 17.2 Å². The van der Waals surface area contributed by atoms with Crippen molar-refractivity contribution < 1.29 is 28.7 Å². The zero-order valence-electron chi connectivity index (χ0n) is 33.0. The maximum absolute atomic E-state index is 12.5. The van der Waals surface area contributed by atoms with Gasteiger partial charge < -0.3 is 9.47 Å². The first-order valence-electron chi connectivity index (χ1n) is 18.5.